The largest absolute Gasteiger partial charge is 0.398 e. The Morgan fingerprint density at radius 2 is 2.05 bits per heavy atom. The zero-order valence-corrected chi connectivity index (χ0v) is 12.2. The molecule has 2 unspecified atom stereocenters. The lowest BCUT2D eigenvalue weighted by Crippen LogP contribution is -2.61. The first-order valence-electron chi connectivity index (χ1n) is 6.21. The maximum absolute atomic E-state index is 12.3. The average Bonchev–Trinajstić information content (AvgIpc) is 2.27. The van der Waals surface area contributed by atoms with Crippen molar-refractivity contribution in [2.75, 3.05) is 5.73 Å². The summed E-state index contributed by atoms with van der Waals surface area (Å²) in [4.78, 5) is 0.0929. The number of nitrogens with two attached hydrogens (primary N) is 1. The first kappa shape index (κ1) is 14.3. The van der Waals surface area contributed by atoms with Crippen LogP contribution in [-0.4, -0.2) is 25.7 Å². The lowest BCUT2D eigenvalue weighted by molar-refractivity contribution is -0.0645. The summed E-state index contributed by atoms with van der Waals surface area (Å²) in [7, 11) is -3.65. The molecule has 5 nitrogen and oxygen atoms in total. The second-order valence-electron chi connectivity index (χ2n) is 5.79. The second-order valence-corrected chi connectivity index (χ2v) is 7.47. The summed E-state index contributed by atoms with van der Waals surface area (Å²) in [6.07, 6.45) is -0.0478. The van der Waals surface area contributed by atoms with Gasteiger partial charge in [-0.25, -0.2) is 13.1 Å². The number of nitrogens with one attached hydrogen (secondary N) is 1. The molecule has 0 saturated heterocycles. The van der Waals surface area contributed by atoms with E-state index in [-0.39, 0.29) is 16.6 Å². The van der Waals surface area contributed by atoms with Crippen LogP contribution in [-0.2, 0) is 10.0 Å². The van der Waals surface area contributed by atoms with Crippen molar-refractivity contribution in [2.24, 2.45) is 5.41 Å². The highest BCUT2D eigenvalue weighted by Crippen LogP contribution is 2.41. The van der Waals surface area contributed by atoms with Gasteiger partial charge in [0.1, 0.15) is 4.90 Å². The number of rotatable bonds is 3. The molecule has 1 aromatic rings. The van der Waals surface area contributed by atoms with E-state index < -0.39 is 21.5 Å². The molecule has 1 aromatic carbocycles. The van der Waals surface area contributed by atoms with Gasteiger partial charge in [0.05, 0.1) is 11.8 Å². The number of hydrogen-bond donors (Lipinski definition) is 3. The molecule has 0 heterocycles. The first-order valence-corrected chi connectivity index (χ1v) is 7.69. The van der Waals surface area contributed by atoms with Crippen LogP contribution >= 0.6 is 0 Å². The van der Waals surface area contributed by atoms with Crippen LogP contribution < -0.4 is 10.5 Å². The maximum atomic E-state index is 12.3. The normalized spacial score (nSPS) is 25.9. The zero-order chi connectivity index (χ0) is 14.4. The Morgan fingerprint density at radius 3 is 2.53 bits per heavy atom. The predicted octanol–water partition coefficient (Wildman–Crippen LogP) is 1.01. The van der Waals surface area contributed by atoms with Crippen molar-refractivity contribution in [3.05, 3.63) is 23.8 Å². The molecule has 1 saturated carbocycles. The van der Waals surface area contributed by atoms with Crippen molar-refractivity contribution in [2.45, 2.75) is 44.2 Å². The highest BCUT2D eigenvalue weighted by atomic mass is 32.2. The molecular formula is C13H20N2O3S. The Labute approximate surface area is 113 Å². The fourth-order valence-electron chi connectivity index (χ4n) is 2.27. The van der Waals surface area contributed by atoms with Gasteiger partial charge in [0.25, 0.3) is 0 Å². The van der Waals surface area contributed by atoms with E-state index in [9.17, 15) is 13.5 Å². The van der Waals surface area contributed by atoms with Gasteiger partial charge in [-0.2, -0.15) is 0 Å². The van der Waals surface area contributed by atoms with Crippen molar-refractivity contribution in [3.8, 4) is 0 Å². The molecule has 2 rings (SSSR count). The first-order chi connectivity index (χ1) is 8.64. The van der Waals surface area contributed by atoms with E-state index in [0.717, 1.165) is 5.56 Å². The Hall–Kier alpha value is -1.11. The van der Waals surface area contributed by atoms with E-state index in [4.69, 9.17) is 5.73 Å². The van der Waals surface area contributed by atoms with Crippen molar-refractivity contribution in [1.82, 2.24) is 4.72 Å². The fraction of sp³-hybridized carbons (Fsp3) is 0.538. The van der Waals surface area contributed by atoms with E-state index in [1.54, 1.807) is 12.1 Å². The maximum Gasteiger partial charge on any atom is 0.242 e. The molecule has 0 radical (unpaired) electrons. The second kappa shape index (κ2) is 4.47. The van der Waals surface area contributed by atoms with Gasteiger partial charge in [0.2, 0.25) is 10.0 Å². The lowest BCUT2D eigenvalue weighted by atomic mass is 9.65. The van der Waals surface area contributed by atoms with Crippen LogP contribution in [0.2, 0.25) is 0 Å². The quantitative estimate of drug-likeness (QED) is 0.722. The third-order valence-corrected chi connectivity index (χ3v) is 5.51. The molecule has 0 spiro atoms. The summed E-state index contributed by atoms with van der Waals surface area (Å²) in [5.74, 6) is 0. The van der Waals surface area contributed by atoms with Crippen LogP contribution in [0.5, 0.6) is 0 Å². The van der Waals surface area contributed by atoms with Crippen molar-refractivity contribution in [1.29, 1.82) is 0 Å². The van der Waals surface area contributed by atoms with Gasteiger partial charge in [-0.05, 0) is 31.0 Å². The molecular weight excluding hydrogens is 264 g/mol. The summed E-state index contributed by atoms with van der Waals surface area (Å²) in [5.41, 5.74) is 6.47. The van der Waals surface area contributed by atoms with Gasteiger partial charge in [0, 0.05) is 11.5 Å². The van der Waals surface area contributed by atoms with E-state index >= 15 is 0 Å². The summed E-state index contributed by atoms with van der Waals surface area (Å²) in [6, 6.07) is 4.59. The molecule has 1 fully saturated rings. The summed E-state index contributed by atoms with van der Waals surface area (Å²) < 4.78 is 27.2. The van der Waals surface area contributed by atoms with Crippen LogP contribution in [0.4, 0.5) is 5.69 Å². The smallest absolute Gasteiger partial charge is 0.242 e. The molecule has 0 aromatic heterocycles. The van der Waals surface area contributed by atoms with E-state index in [1.165, 1.54) is 6.07 Å². The number of benzene rings is 1. The Kier molecular flexibility index (Phi) is 3.36. The van der Waals surface area contributed by atoms with Crippen LogP contribution in [0, 0.1) is 12.3 Å². The molecule has 1 aliphatic rings. The highest BCUT2D eigenvalue weighted by Gasteiger charge is 2.49. The molecule has 0 aliphatic heterocycles. The molecule has 0 bridgehead atoms. The van der Waals surface area contributed by atoms with E-state index in [2.05, 4.69) is 4.72 Å². The minimum Gasteiger partial charge on any atom is -0.398 e. The predicted molar refractivity (Wildman–Crippen MR) is 74.1 cm³/mol. The number of anilines is 1. The number of nitrogen functional groups attached to an aromatic ring is 1. The Bertz CT molecular complexity index is 596. The fourth-order valence-corrected chi connectivity index (χ4v) is 3.78. The topological polar surface area (TPSA) is 92.4 Å². The Balaban J connectivity index is 2.25. The number of aliphatic hydroxyl groups excluding tert-OH is 1. The van der Waals surface area contributed by atoms with Crippen LogP contribution in [0.1, 0.15) is 25.8 Å². The van der Waals surface area contributed by atoms with Crippen molar-refractivity contribution < 1.29 is 13.5 Å². The van der Waals surface area contributed by atoms with Crippen LogP contribution in [0.25, 0.3) is 0 Å². The van der Waals surface area contributed by atoms with Crippen molar-refractivity contribution in [3.63, 3.8) is 0 Å². The summed E-state index contributed by atoms with van der Waals surface area (Å²) in [5, 5.41) is 9.64. The molecule has 0 amide bonds. The molecule has 2 atom stereocenters. The number of sulfonamides is 1. The summed E-state index contributed by atoms with van der Waals surface area (Å²) in [6.45, 7) is 5.53. The van der Waals surface area contributed by atoms with Gasteiger partial charge < -0.3 is 10.8 Å². The molecule has 106 valence electrons. The van der Waals surface area contributed by atoms with Crippen molar-refractivity contribution >= 4 is 15.7 Å². The molecule has 6 heteroatoms. The van der Waals surface area contributed by atoms with Gasteiger partial charge in [-0.1, -0.05) is 19.9 Å². The number of aliphatic hydroxyl groups is 1. The molecule has 19 heavy (non-hydrogen) atoms. The van der Waals surface area contributed by atoms with Crippen LogP contribution in [0.3, 0.4) is 0 Å². The van der Waals surface area contributed by atoms with Crippen LogP contribution in [0.15, 0.2) is 23.1 Å². The van der Waals surface area contributed by atoms with E-state index in [1.807, 2.05) is 20.8 Å². The van der Waals surface area contributed by atoms with Gasteiger partial charge >= 0.3 is 0 Å². The van der Waals surface area contributed by atoms with Gasteiger partial charge in [-0.15, -0.1) is 0 Å². The SMILES string of the molecule is Cc1ccc(S(=O)(=O)NC2CC(O)C2(C)C)c(N)c1. The Morgan fingerprint density at radius 1 is 1.42 bits per heavy atom. The molecule has 1 aliphatic carbocycles. The zero-order valence-electron chi connectivity index (χ0n) is 11.3. The third-order valence-electron chi connectivity index (χ3n) is 3.97. The monoisotopic (exact) mass is 284 g/mol. The minimum absolute atomic E-state index is 0.0929. The molecule has 4 N–H and O–H groups in total. The minimum atomic E-state index is -3.65. The number of hydrogen-bond acceptors (Lipinski definition) is 4. The summed E-state index contributed by atoms with van der Waals surface area (Å²) >= 11 is 0. The highest BCUT2D eigenvalue weighted by molar-refractivity contribution is 7.89. The average molecular weight is 284 g/mol. The number of aryl methyl sites for hydroxylation is 1. The lowest BCUT2D eigenvalue weighted by Gasteiger charge is -2.49. The third kappa shape index (κ3) is 2.48. The van der Waals surface area contributed by atoms with E-state index in [0.29, 0.717) is 6.42 Å². The van der Waals surface area contributed by atoms with Gasteiger partial charge in [-0.3, -0.25) is 0 Å². The standard InChI is InChI=1S/C13H20N2O3S/c1-8-4-5-10(9(14)6-8)19(17,18)15-11-7-12(16)13(11,2)3/h4-6,11-12,15-16H,7,14H2,1-3H3. The van der Waals surface area contributed by atoms with Gasteiger partial charge in [0.15, 0.2) is 0 Å².